The van der Waals surface area contributed by atoms with Crippen LogP contribution in [0.2, 0.25) is 0 Å². The first-order valence-corrected chi connectivity index (χ1v) is 5.27. The Morgan fingerprint density at radius 2 is 1.93 bits per heavy atom. The van der Waals surface area contributed by atoms with Crippen LogP contribution in [0.15, 0.2) is 12.2 Å². The van der Waals surface area contributed by atoms with Crippen molar-refractivity contribution in [3.05, 3.63) is 12.2 Å². The maximum atomic E-state index is 11.6. The molecule has 0 aromatic heterocycles. The molecule has 0 radical (unpaired) electrons. The second kappa shape index (κ2) is 4.71. The lowest BCUT2D eigenvalue weighted by atomic mass is 9.83. The Morgan fingerprint density at radius 3 is 2.40 bits per heavy atom. The number of carbonyl (C=O) groups is 2. The van der Waals surface area contributed by atoms with Crippen molar-refractivity contribution < 1.29 is 14.3 Å². The molecule has 1 fully saturated rings. The molecule has 1 saturated carbocycles. The Hall–Kier alpha value is -0.960. The number of methoxy groups -OCH3 is 1. The van der Waals surface area contributed by atoms with Crippen molar-refractivity contribution in [1.29, 1.82) is 0 Å². The molecule has 0 saturated heterocycles. The summed E-state index contributed by atoms with van der Waals surface area (Å²) in [6.07, 6.45) is 5.09. The van der Waals surface area contributed by atoms with E-state index in [-0.39, 0.29) is 17.7 Å². The van der Waals surface area contributed by atoms with Crippen molar-refractivity contribution in [2.24, 2.45) is 5.41 Å². The number of ether oxygens (including phenoxy) is 1. The Labute approximate surface area is 90.5 Å². The zero-order chi connectivity index (χ0) is 11.5. The summed E-state index contributed by atoms with van der Waals surface area (Å²) < 4.78 is 5.04. The van der Waals surface area contributed by atoms with E-state index in [1.54, 1.807) is 14.0 Å². The van der Waals surface area contributed by atoms with Gasteiger partial charge < -0.3 is 4.74 Å². The van der Waals surface area contributed by atoms with Gasteiger partial charge in [0.25, 0.3) is 0 Å². The van der Waals surface area contributed by atoms with E-state index in [1.165, 1.54) is 0 Å². The van der Waals surface area contributed by atoms with Gasteiger partial charge in [0.1, 0.15) is 11.6 Å². The van der Waals surface area contributed by atoms with E-state index in [9.17, 15) is 9.59 Å². The molecule has 1 atom stereocenters. The Bertz CT molecular complexity index is 275. The molecule has 0 aromatic carbocycles. The Morgan fingerprint density at radius 1 is 1.40 bits per heavy atom. The molecule has 0 aliphatic heterocycles. The Balaban J connectivity index is 2.60. The fourth-order valence-electron chi connectivity index (χ4n) is 1.74. The number of hydrogen-bond acceptors (Lipinski definition) is 3. The van der Waals surface area contributed by atoms with E-state index in [1.807, 2.05) is 19.1 Å². The van der Waals surface area contributed by atoms with E-state index in [0.717, 1.165) is 0 Å². The molecule has 0 amide bonds. The van der Waals surface area contributed by atoms with Gasteiger partial charge in [0.2, 0.25) is 0 Å². The summed E-state index contributed by atoms with van der Waals surface area (Å²) in [5.74, 6) is 0.143. The summed E-state index contributed by atoms with van der Waals surface area (Å²) >= 11 is 0. The molecule has 3 nitrogen and oxygen atoms in total. The molecule has 1 unspecified atom stereocenters. The fourth-order valence-corrected chi connectivity index (χ4v) is 1.74. The molecule has 0 aromatic rings. The first kappa shape index (κ1) is 12.1. The van der Waals surface area contributed by atoms with Gasteiger partial charge in [-0.1, -0.05) is 12.2 Å². The molecule has 0 bridgehead atoms. The summed E-state index contributed by atoms with van der Waals surface area (Å²) in [5.41, 5.74) is -0.774. The van der Waals surface area contributed by atoms with Crippen molar-refractivity contribution in [2.45, 2.75) is 39.2 Å². The number of hydrogen-bond donors (Lipinski definition) is 0. The standard InChI is InChI=1S/C12H18O3/c1-9(15-3)5-4-8-12(2)10(13)6-7-11(12)14/h4-5,9H,6-8H2,1-3H3. The van der Waals surface area contributed by atoms with Gasteiger partial charge in [0.05, 0.1) is 11.5 Å². The van der Waals surface area contributed by atoms with Gasteiger partial charge in [-0.25, -0.2) is 0 Å². The van der Waals surface area contributed by atoms with Gasteiger partial charge in [-0.3, -0.25) is 9.59 Å². The number of rotatable bonds is 4. The second-order valence-corrected chi connectivity index (χ2v) is 4.25. The Kier molecular flexibility index (Phi) is 3.80. The van der Waals surface area contributed by atoms with Crippen LogP contribution in [-0.4, -0.2) is 24.8 Å². The summed E-state index contributed by atoms with van der Waals surface area (Å²) in [5, 5.41) is 0. The maximum Gasteiger partial charge on any atom is 0.146 e. The molecule has 1 aliphatic rings. The van der Waals surface area contributed by atoms with Crippen LogP contribution in [0.25, 0.3) is 0 Å². The third-order valence-corrected chi connectivity index (χ3v) is 3.11. The highest BCUT2D eigenvalue weighted by atomic mass is 16.5. The number of carbonyl (C=O) groups excluding carboxylic acids is 2. The van der Waals surface area contributed by atoms with E-state index in [2.05, 4.69) is 0 Å². The fraction of sp³-hybridized carbons (Fsp3) is 0.667. The van der Waals surface area contributed by atoms with Crippen molar-refractivity contribution in [3.63, 3.8) is 0 Å². The predicted octanol–water partition coefficient (Wildman–Crippen LogP) is 1.91. The molecule has 84 valence electrons. The zero-order valence-electron chi connectivity index (χ0n) is 9.58. The third-order valence-electron chi connectivity index (χ3n) is 3.11. The lowest BCUT2D eigenvalue weighted by molar-refractivity contribution is -0.133. The lowest BCUT2D eigenvalue weighted by Crippen LogP contribution is -2.28. The monoisotopic (exact) mass is 210 g/mol. The lowest BCUT2D eigenvalue weighted by Gasteiger charge is -2.17. The van der Waals surface area contributed by atoms with E-state index in [0.29, 0.717) is 19.3 Å². The van der Waals surface area contributed by atoms with E-state index in [4.69, 9.17) is 4.74 Å². The van der Waals surface area contributed by atoms with Gasteiger partial charge in [-0.05, 0) is 20.3 Å². The molecule has 0 spiro atoms. The van der Waals surface area contributed by atoms with Gasteiger partial charge >= 0.3 is 0 Å². The largest absolute Gasteiger partial charge is 0.378 e. The predicted molar refractivity (Wildman–Crippen MR) is 57.6 cm³/mol. The molecule has 0 N–H and O–H groups in total. The smallest absolute Gasteiger partial charge is 0.146 e. The summed E-state index contributed by atoms with van der Waals surface area (Å²) in [7, 11) is 1.63. The average Bonchev–Trinajstić information content (AvgIpc) is 2.46. The van der Waals surface area contributed by atoms with Crippen LogP contribution in [0.3, 0.4) is 0 Å². The van der Waals surface area contributed by atoms with E-state index >= 15 is 0 Å². The molecule has 3 heteroatoms. The van der Waals surface area contributed by atoms with Gasteiger partial charge in [-0.15, -0.1) is 0 Å². The second-order valence-electron chi connectivity index (χ2n) is 4.25. The van der Waals surface area contributed by atoms with Crippen molar-refractivity contribution in [2.75, 3.05) is 7.11 Å². The van der Waals surface area contributed by atoms with Gasteiger partial charge in [0.15, 0.2) is 0 Å². The van der Waals surface area contributed by atoms with Crippen LogP contribution in [0.4, 0.5) is 0 Å². The number of Topliss-reactive ketones (excluding diaryl/α,β-unsaturated/α-hetero) is 2. The normalized spacial score (nSPS) is 22.6. The maximum absolute atomic E-state index is 11.6. The molecule has 0 heterocycles. The highest BCUT2D eigenvalue weighted by Gasteiger charge is 2.43. The van der Waals surface area contributed by atoms with Crippen LogP contribution < -0.4 is 0 Å². The molecule has 1 rings (SSSR count). The average molecular weight is 210 g/mol. The van der Waals surface area contributed by atoms with Gasteiger partial charge in [-0.2, -0.15) is 0 Å². The quantitative estimate of drug-likeness (QED) is 0.526. The van der Waals surface area contributed by atoms with Crippen LogP contribution in [0, 0.1) is 5.41 Å². The van der Waals surface area contributed by atoms with Crippen LogP contribution in [0.5, 0.6) is 0 Å². The third kappa shape index (κ3) is 2.53. The van der Waals surface area contributed by atoms with Crippen LogP contribution >= 0.6 is 0 Å². The van der Waals surface area contributed by atoms with Crippen molar-refractivity contribution >= 4 is 11.6 Å². The minimum atomic E-state index is -0.774. The van der Waals surface area contributed by atoms with Gasteiger partial charge in [0, 0.05) is 20.0 Å². The zero-order valence-corrected chi connectivity index (χ0v) is 9.58. The number of ketones is 2. The highest BCUT2D eigenvalue weighted by molar-refractivity contribution is 6.12. The topological polar surface area (TPSA) is 43.4 Å². The van der Waals surface area contributed by atoms with Crippen molar-refractivity contribution in [1.82, 2.24) is 0 Å². The van der Waals surface area contributed by atoms with E-state index < -0.39 is 5.41 Å². The van der Waals surface area contributed by atoms with Crippen molar-refractivity contribution in [3.8, 4) is 0 Å². The SMILES string of the molecule is COC(C)C=CCC1(C)C(=O)CCC1=O. The minimum Gasteiger partial charge on any atom is -0.378 e. The van der Waals surface area contributed by atoms with Crippen LogP contribution in [0.1, 0.15) is 33.1 Å². The van der Waals surface area contributed by atoms with Crippen LogP contribution in [-0.2, 0) is 14.3 Å². The molecule has 1 aliphatic carbocycles. The first-order valence-electron chi connectivity index (χ1n) is 5.27. The minimum absolute atomic E-state index is 0.0280. The molecular weight excluding hydrogens is 192 g/mol. The summed E-state index contributed by atoms with van der Waals surface area (Å²) in [6, 6.07) is 0. The first-order chi connectivity index (χ1) is 7.00. The molecular formula is C12H18O3. The summed E-state index contributed by atoms with van der Waals surface area (Å²) in [6.45, 7) is 3.66. The highest BCUT2D eigenvalue weighted by Crippen LogP contribution is 2.34. The summed E-state index contributed by atoms with van der Waals surface area (Å²) in [4.78, 5) is 23.1. The number of allylic oxidation sites excluding steroid dienone is 1. The molecule has 15 heavy (non-hydrogen) atoms.